The summed E-state index contributed by atoms with van der Waals surface area (Å²) in [6, 6.07) is 11.8. The van der Waals surface area contributed by atoms with Gasteiger partial charge in [0.25, 0.3) is 0 Å². The number of hydrogen-bond donors (Lipinski definition) is 0. The first-order valence-corrected chi connectivity index (χ1v) is 8.33. The number of carbonyl (C=O) groups excluding carboxylic acids is 2. The molecule has 3 heteroatoms. The van der Waals surface area contributed by atoms with Gasteiger partial charge in [0, 0.05) is 6.42 Å². The third-order valence-corrected chi connectivity index (χ3v) is 5.06. The van der Waals surface area contributed by atoms with Gasteiger partial charge in [-0.1, -0.05) is 56.0 Å². The summed E-state index contributed by atoms with van der Waals surface area (Å²) in [6.45, 7) is 0. The van der Waals surface area contributed by atoms with E-state index in [1.165, 1.54) is 24.2 Å². The lowest BCUT2D eigenvalue weighted by atomic mass is 9.98. The molecule has 0 radical (unpaired) electrons. The number of benzene rings is 1. The van der Waals surface area contributed by atoms with Gasteiger partial charge in [0.05, 0.1) is 4.88 Å². The Hall–Kier alpha value is -1.74. The highest BCUT2D eigenvalue weighted by Crippen LogP contribution is 2.29. The van der Waals surface area contributed by atoms with E-state index in [1.807, 2.05) is 41.8 Å². The smallest absolute Gasteiger partial charge is 0.238 e. The first-order chi connectivity index (χ1) is 10.2. The van der Waals surface area contributed by atoms with Crippen LogP contribution in [0.15, 0.2) is 41.8 Å². The van der Waals surface area contributed by atoms with Gasteiger partial charge in [-0.25, -0.2) is 0 Å². The first kappa shape index (κ1) is 14.2. The van der Waals surface area contributed by atoms with Gasteiger partial charge in [0.15, 0.2) is 0 Å². The third kappa shape index (κ3) is 3.30. The van der Waals surface area contributed by atoms with E-state index in [-0.39, 0.29) is 11.6 Å². The zero-order valence-electron chi connectivity index (χ0n) is 11.9. The molecule has 0 aliphatic heterocycles. The van der Waals surface area contributed by atoms with Gasteiger partial charge in [-0.05, 0) is 28.5 Å². The van der Waals surface area contributed by atoms with E-state index in [0.29, 0.717) is 17.2 Å². The summed E-state index contributed by atoms with van der Waals surface area (Å²) in [5.74, 6) is -0.104. The maximum absolute atomic E-state index is 12.2. The number of thiophene rings is 1. The van der Waals surface area contributed by atoms with E-state index in [4.69, 9.17) is 0 Å². The topological polar surface area (TPSA) is 34.1 Å². The van der Waals surface area contributed by atoms with Gasteiger partial charge >= 0.3 is 0 Å². The van der Waals surface area contributed by atoms with Crippen molar-refractivity contribution in [1.82, 2.24) is 0 Å². The predicted octanol–water partition coefficient (Wildman–Crippen LogP) is 4.75. The molecule has 1 aromatic carbocycles. The molecule has 0 unspecified atom stereocenters. The van der Waals surface area contributed by atoms with Crippen molar-refractivity contribution in [2.75, 3.05) is 0 Å². The maximum Gasteiger partial charge on any atom is 0.238 e. The zero-order valence-corrected chi connectivity index (χ0v) is 12.7. The van der Waals surface area contributed by atoms with Crippen LogP contribution in [0.1, 0.15) is 41.8 Å². The number of ketones is 2. The second-order valence-electron chi connectivity index (χ2n) is 5.67. The fourth-order valence-electron chi connectivity index (χ4n) is 2.94. The molecular formula is C18H18O2S. The van der Waals surface area contributed by atoms with E-state index >= 15 is 0 Å². The van der Waals surface area contributed by atoms with Crippen molar-refractivity contribution in [1.29, 1.82) is 0 Å². The first-order valence-electron chi connectivity index (χ1n) is 7.45. The van der Waals surface area contributed by atoms with Gasteiger partial charge < -0.3 is 0 Å². The van der Waals surface area contributed by atoms with Crippen LogP contribution in [-0.2, 0) is 4.79 Å². The van der Waals surface area contributed by atoms with E-state index in [0.717, 1.165) is 24.0 Å². The van der Waals surface area contributed by atoms with Crippen molar-refractivity contribution in [3.63, 3.8) is 0 Å². The average molecular weight is 298 g/mol. The summed E-state index contributed by atoms with van der Waals surface area (Å²) in [5, 5.41) is 1.95. The summed E-state index contributed by atoms with van der Waals surface area (Å²) in [7, 11) is 0. The Morgan fingerprint density at radius 2 is 1.76 bits per heavy atom. The largest absolute Gasteiger partial charge is 0.290 e. The Morgan fingerprint density at radius 3 is 2.48 bits per heavy atom. The van der Waals surface area contributed by atoms with Crippen LogP contribution in [0.3, 0.4) is 0 Å². The monoisotopic (exact) mass is 298 g/mol. The SMILES string of the molecule is O=C(CC1CCCC1)C(=O)c1cc(-c2ccccc2)cs1. The van der Waals surface area contributed by atoms with Crippen LogP contribution in [0.2, 0.25) is 0 Å². The minimum atomic E-state index is -0.311. The maximum atomic E-state index is 12.2. The van der Waals surface area contributed by atoms with Crippen LogP contribution >= 0.6 is 11.3 Å². The van der Waals surface area contributed by atoms with Crippen molar-refractivity contribution in [2.45, 2.75) is 32.1 Å². The summed E-state index contributed by atoms with van der Waals surface area (Å²) in [4.78, 5) is 24.9. The quantitative estimate of drug-likeness (QED) is 0.590. The second-order valence-corrected chi connectivity index (χ2v) is 6.58. The molecule has 0 saturated heterocycles. The summed E-state index contributed by atoms with van der Waals surface area (Å²) in [5.41, 5.74) is 2.09. The van der Waals surface area contributed by atoms with Crippen LogP contribution in [0.5, 0.6) is 0 Å². The number of rotatable bonds is 5. The molecule has 3 rings (SSSR count). The highest BCUT2D eigenvalue weighted by atomic mass is 32.1. The molecule has 21 heavy (non-hydrogen) atoms. The molecule has 2 aromatic rings. The minimum Gasteiger partial charge on any atom is -0.290 e. The summed E-state index contributed by atoms with van der Waals surface area (Å²) in [6.07, 6.45) is 5.02. The normalized spacial score (nSPS) is 15.2. The molecule has 1 fully saturated rings. The van der Waals surface area contributed by atoms with Gasteiger partial charge in [0.1, 0.15) is 0 Å². The molecular weight excluding hydrogens is 280 g/mol. The average Bonchev–Trinajstić information content (AvgIpc) is 3.18. The number of carbonyl (C=O) groups is 2. The predicted molar refractivity (Wildman–Crippen MR) is 85.7 cm³/mol. The minimum absolute atomic E-state index is 0.219. The van der Waals surface area contributed by atoms with E-state index in [2.05, 4.69) is 0 Å². The Balaban J connectivity index is 1.70. The Morgan fingerprint density at radius 1 is 1.05 bits per heavy atom. The van der Waals surface area contributed by atoms with Crippen LogP contribution in [0.4, 0.5) is 0 Å². The standard InChI is InChI=1S/C18H18O2S/c19-16(10-13-6-4-5-7-13)18(20)17-11-15(12-21-17)14-8-2-1-3-9-14/h1-3,8-9,11-13H,4-7,10H2. The molecule has 1 aromatic heterocycles. The molecule has 1 aliphatic carbocycles. The number of Topliss-reactive ketones (excluding diaryl/α,β-unsaturated/α-hetero) is 2. The van der Waals surface area contributed by atoms with Gasteiger partial charge in [-0.3, -0.25) is 9.59 Å². The van der Waals surface area contributed by atoms with Crippen molar-refractivity contribution in [2.24, 2.45) is 5.92 Å². The molecule has 0 amide bonds. The second kappa shape index (κ2) is 6.35. The summed E-state index contributed by atoms with van der Waals surface area (Å²) < 4.78 is 0. The van der Waals surface area contributed by atoms with E-state index < -0.39 is 0 Å². The zero-order chi connectivity index (χ0) is 14.7. The molecule has 2 nitrogen and oxygen atoms in total. The molecule has 0 bridgehead atoms. The van der Waals surface area contributed by atoms with Gasteiger partial charge in [-0.15, -0.1) is 11.3 Å². The fraction of sp³-hybridized carbons (Fsp3) is 0.333. The van der Waals surface area contributed by atoms with Crippen molar-refractivity contribution in [3.05, 3.63) is 46.7 Å². The molecule has 1 aliphatic rings. The van der Waals surface area contributed by atoms with Crippen molar-refractivity contribution < 1.29 is 9.59 Å². The van der Waals surface area contributed by atoms with Crippen LogP contribution < -0.4 is 0 Å². The summed E-state index contributed by atoms with van der Waals surface area (Å²) >= 11 is 1.37. The van der Waals surface area contributed by atoms with Gasteiger partial charge in [-0.2, -0.15) is 0 Å². The van der Waals surface area contributed by atoms with E-state index in [1.54, 1.807) is 0 Å². The van der Waals surface area contributed by atoms with Crippen LogP contribution in [0, 0.1) is 5.92 Å². The van der Waals surface area contributed by atoms with Crippen LogP contribution in [0.25, 0.3) is 11.1 Å². The van der Waals surface area contributed by atoms with Crippen molar-refractivity contribution in [3.8, 4) is 11.1 Å². The third-order valence-electron chi connectivity index (χ3n) is 4.13. The molecule has 0 atom stereocenters. The number of hydrogen-bond acceptors (Lipinski definition) is 3. The fourth-order valence-corrected chi connectivity index (χ4v) is 3.82. The van der Waals surface area contributed by atoms with Gasteiger partial charge in [0.2, 0.25) is 11.6 Å². The lowest BCUT2D eigenvalue weighted by molar-refractivity contribution is -0.115. The lowest BCUT2D eigenvalue weighted by Gasteiger charge is -2.05. The van der Waals surface area contributed by atoms with Crippen molar-refractivity contribution >= 4 is 22.9 Å². The molecule has 108 valence electrons. The Kier molecular flexibility index (Phi) is 4.30. The van der Waals surface area contributed by atoms with E-state index in [9.17, 15) is 9.59 Å². The molecule has 1 saturated carbocycles. The molecule has 1 heterocycles. The molecule has 0 N–H and O–H groups in total. The molecule has 0 spiro atoms. The van der Waals surface area contributed by atoms with Crippen LogP contribution in [-0.4, -0.2) is 11.6 Å². The Labute approximate surface area is 128 Å². The highest BCUT2D eigenvalue weighted by Gasteiger charge is 2.24. The highest BCUT2D eigenvalue weighted by molar-refractivity contribution is 7.13. The Bertz CT molecular complexity index is 636. The lowest BCUT2D eigenvalue weighted by Crippen LogP contribution is -2.16.